The highest BCUT2D eigenvalue weighted by Crippen LogP contribution is 2.46. The minimum atomic E-state index is -0.310. The minimum absolute atomic E-state index is 0.0924. The van der Waals surface area contributed by atoms with Crippen LogP contribution < -0.4 is 9.64 Å². The van der Waals surface area contributed by atoms with Crippen molar-refractivity contribution in [3.05, 3.63) is 144 Å². The lowest BCUT2D eigenvalue weighted by molar-refractivity contribution is -0.130. The topological polar surface area (TPSA) is 29.5 Å². The molecule has 4 heteroatoms. The summed E-state index contributed by atoms with van der Waals surface area (Å²) in [6, 6.07) is 39.0. The number of amides is 1. The number of nitrogens with zero attached hydrogens (tertiary/aromatic N) is 1. The number of hydrogen-bond donors (Lipinski definition) is 0. The predicted molar refractivity (Wildman–Crippen MR) is 153 cm³/mol. The van der Waals surface area contributed by atoms with Crippen LogP contribution in [0.5, 0.6) is 5.75 Å². The van der Waals surface area contributed by atoms with Gasteiger partial charge in [-0.2, -0.15) is 0 Å². The van der Waals surface area contributed by atoms with E-state index in [-0.39, 0.29) is 23.7 Å². The average Bonchev–Trinajstić information content (AvgIpc) is 3.19. The van der Waals surface area contributed by atoms with Gasteiger partial charge in [-0.3, -0.25) is 4.79 Å². The first-order valence-corrected chi connectivity index (χ1v) is 13.5. The van der Waals surface area contributed by atoms with Gasteiger partial charge in [0.2, 0.25) is 5.91 Å². The fourth-order valence-corrected chi connectivity index (χ4v) is 5.61. The molecular formula is C35H30FNO2. The predicted octanol–water partition coefficient (Wildman–Crippen LogP) is 8.24. The summed E-state index contributed by atoms with van der Waals surface area (Å²) < 4.78 is 19.6. The molecule has 0 unspecified atom stereocenters. The van der Waals surface area contributed by atoms with Crippen LogP contribution in [-0.2, 0) is 17.8 Å². The van der Waals surface area contributed by atoms with E-state index in [4.69, 9.17) is 4.74 Å². The first-order valence-electron chi connectivity index (χ1n) is 13.5. The summed E-state index contributed by atoms with van der Waals surface area (Å²) in [6.45, 7) is 0.501. The number of anilines is 1. The molecule has 6 rings (SSSR count). The van der Waals surface area contributed by atoms with Crippen molar-refractivity contribution in [3.63, 3.8) is 0 Å². The summed E-state index contributed by atoms with van der Waals surface area (Å²) in [5.41, 5.74) is 6.73. The normalized spacial score (nSPS) is 16.7. The van der Waals surface area contributed by atoms with Crippen molar-refractivity contribution in [3.8, 4) is 16.9 Å². The molecule has 39 heavy (non-hydrogen) atoms. The Hall–Kier alpha value is -4.44. The second kappa shape index (κ2) is 11.1. The molecule has 3 aromatic carbocycles. The molecule has 1 amide bonds. The van der Waals surface area contributed by atoms with Gasteiger partial charge in [0, 0.05) is 5.69 Å². The second-order valence-corrected chi connectivity index (χ2v) is 10.1. The molecule has 0 bridgehead atoms. The third-order valence-electron chi connectivity index (χ3n) is 7.63. The van der Waals surface area contributed by atoms with Crippen molar-refractivity contribution in [1.29, 1.82) is 0 Å². The highest BCUT2D eigenvalue weighted by atomic mass is 19.1. The van der Waals surface area contributed by atoms with Crippen LogP contribution in [-0.4, -0.2) is 5.91 Å². The number of carbonyl (C=O) groups excluding carboxylic acids is 1. The van der Waals surface area contributed by atoms with Crippen LogP contribution in [0.1, 0.15) is 35.6 Å². The standard InChI is InChI=1S/C35H30FNO2/c36-29-18-20-30(21-19-29)37-34(28-16-22-31(23-17-28)39-24-25-8-3-1-4-9-25)33(35(37)38)13-7-11-27-15-14-26-10-5-2-6-12-32(26)27/h1-6,8-10,12,14-23,33-34H,7,11,13,24H2/t33-,34-/m1/s1. The van der Waals surface area contributed by atoms with Crippen molar-refractivity contribution in [2.45, 2.75) is 31.9 Å². The van der Waals surface area contributed by atoms with Gasteiger partial charge in [0.1, 0.15) is 18.2 Å². The van der Waals surface area contributed by atoms with Gasteiger partial charge >= 0.3 is 0 Å². The van der Waals surface area contributed by atoms with Crippen molar-refractivity contribution < 1.29 is 13.9 Å². The Morgan fingerprint density at radius 3 is 2.23 bits per heavy atom. The van der Waals surface area contributed by atoms with E-state index >= 15 is 0 Å². The summed E-state index contributed by atoms with van der Waals surface area (Å²) in [7, 11) is 0. The van der Waals surface area contributed by atoms with Crippen LogP contribution in [0.4, 0.5) is 10.1 Å². The molecule has 194 valence electrons. The van der Waals surface area contributed by atoms with Gasteiger partial charge in [-0.05, 0) is 83.5 Å². The fourth-order valence-electron chi connectivity index (χ4n) is 5.61. The van der Waals surface area contributed by atoms with Gasteiger partial charge in [0.15, 0.2) is 0 Å². The van der Waals surface area contributed by atoms with Crippen LogP contribution in [0.3, 0.4) is 0 Å². The molecule has 1 saturated heterocycles. The number of halogens is 1. The van der Waals surface area contributed by atoms with Crippen molar-refractivity contribution >= 4 is 11.6 Å². The van der Waals surface area contributed by atoms with Crippen LogP contribution in [0, 0.1) is 11.7 Å². The van der Waals surface area contributed by atoms with Gasteiger partial charge in [0.05, 0.1) is 12.0 Å². The number of ether oxygens (including phenoxy) is 1. The molecule has 0 aromatic heterocycles. The maximum atomic E-state index is 13.6. The molecule has 1 heterocycles. The highest BCUT2D eigenvalue weighted by molar-refractivity contribution is 6.03. The lowest BCUT2D eigenvalue weighted by Gasteiger charge is -2.47. The van der Waals surface area contributed by atoms with Crippen molar-refractivity contribution in [1.82, 2.24) is 0 Å². The van der Waals surface area contributed by atoms with Gasteiger partial charge in [-0.15, -0.1) is 0 Å². The Morgan fingerprint density at radius 2 is 1.46 bits per heavy atom. The summed E-state index contributed by atoms with van der Waals surface area (Å²) in [4.78, 5) is 15.2. The Kier molecular flexibility index (Phi) is 7.09. The second-order valence-electron chi connectivity index (χ2n) is 10.1. The van der Waals surface area contributed by atoms with E-state index in [0.717, 1.165) is 41.8 Å². The number of rotatable bonds is 9. The monoisotopic (exact) mass is 515 g/mol. The number of benzene rings is 3. The first kappa shape index (κ1) is 24.9. The Balaban J connectivity index is 1.18. The largest absolute Gasteiger partial charge is 0.489 e. The highest BCUT2D eigenvalue weighted by Gasteiger charge is 2.48. The lowest BCUT2D eigenvalue weighted by atomic mass is 9.78. The minimum Gasteiger partial charge on any atom is -0.489 e. The zero-order chi connectivity index (χ0) is 26.6. The van der Waals surface area contributed by atoms with Crippen molar-refractivity contribution in [2.24, 2.45) is 5.92 Å². The van der Waals surface area contributed by atoms with Crippen LogP contribution in [0.15, 0.2) is 121 Å². The molecule has 1 aliphatic heterocycles. The summed E-state index contributed by atoms with van der Waals surface area (Å²) in [5.74, 6) is 0.447. The summed E-state index contributed by atoms with van der Waals surface area (Å²) in [5, 5.41) is 0. The number of hydrogen-bond acceptors (Lipinski definition) is 2. The Morgan fingerprint density at radius 1 is 0.744 bits per heavy atom. The zero-order valence-electron chi connectivity index (χ0n) is 21.7. The van der Waals surface area contributed by atoms with E-state index in [1.807, 2.05) is 65.6 Å². The number of carbonyl (C=O) groups is 1. The maximum absolute atomic E-state index is 13.6. The van der Waals surface area contributed by atoms with Gasteiger partial charge in [-0.1, -0.05) is 84.9 Å². The lowest BCUT2D eigenvalue weighted by Crippen LogP contribution is -2.55. The van der Waals surface area contributed by atoms with Crippen LogP contribution >= 0.6 is 0 Å². The summed E-state index contributed by atoms with van der Waals surface area (Å²) >= 11 is 0. The Labute approximate surface area is 228 Å². The zero-order valence-corrected chi connectivity index (χ0v) is 21.7. The molecule has 0 saturated carbocycles. The van der Waals surface area contributed by atoms with E-state index in [2.05, 4.69) is 36.4 Å². The molecule has 0 spiro atoms. The van der Waals surface area contributed by atoms with E-state index < -0.39 is 0 Å². The van der Waals surface area contributed by atoms with E-state index in [9.17, 15) is 9.18 Å². The molecule has 2 atom stereocenters. The average molecular weight is 516 g/mol. The molecule has 3 aromatic rings. The first-order chi connectivity index (χ1) is 19.2. The Bertz CT molecular complexity index is 1510. The fraction of sp³-hybridized carbons (Fsp3) is 0.171. The molecule has 0 radical (unpaired) electrons. The van der Waals surface area contributed by atoms with Gasteiger partial charge in [0.25, 0.3) is 0 Å². The van der Waals surface area contributed by atoms with Crippen LogP contribution in [0.25, 0.3) is 11.1 Å². The number of β-lactam (4-membered cyclic amide) rings is 1. The maximum Gasteiger partial charge on any atom is 0.233 e. The summed E-state index contributed by atoms with van der Waals surface area (Å²) in [6.07, 6.45) is 2.63. The quantitative estimate of drug-likeness (QED) is 0.185. The van der Waals surface area contributed by atoms with E-state index in [1.54, 1.807) is 12.1 Å². The molecule has 2 aliphatic carbocycles. The van der Waals surface area contributed by atoms with Gasteiger partial charge < -0.3 is 9.64 Å². The van der Waals surface area contributed by atoms with E-state index in [0.29, 0.717) is 6.61 Å². The molecule has 3 nitrogen and oxygen atoms in total. The van der Waals surface area contributed by atoms with E-state index in [1.165, 1.54) is 28.8 Å². The third kappa shape index (κ3) is 5.28. The van der Waals surface area contributed by atoms with Gasteiger partial charge in [-0.25, -0.2) is 4.39 Å². The molecular weight excluding hydrogens is 485 g/mol. The molecule has 3 aliphatic rings. The van der Waals surface area contributed by atoms with Crippen molar-refractivity contribution in [2.75, 3.05) is 4.90 Å². The number of fused-ring (bicyclic) bond motifs is 1. The number of aryl methyl sites for hydroxylation is 1. The third-order valence-corrected chi connectivity index (χ3v) is 7.63. The van der Waals surface area contributed by atoms with Crippen LogP contribution in [0.2, 0.25) is 0 Å². The SMILES string of the molecule is O=C1[C@H](CCCc2ccc3cccccc2-3)[C@@H](c2ccc(OCc3ccccc3)cc2)N1c1ccc(F)cc1. The smallest absolute Gasteiger partial charge is 0.233 e. The molecule has 1 fully saturated rings. The molecule has 0 N–H and O–H groups in total.